The zero-order chi connectivity index (χ0) is 14.8. The van der Waals surface area contributed by atoms with E-state index in [4.69, 9.17) is 5.21 Å². The third kappa shape index (κ3) is 2.32. The van der Waals surface area contributed by atoms with Crippen LogP contribution in [-0.2, 0) is 4.79 Å². The maximum atomic E-state index is 11.2. The maximum absolute atomic E-state index is 11.2. The van der Waals surface area contributed by atoms with Gasteiger partial charge in [0.25, 0.3) is 5.91 Å². The monoisotopic (exact) mass is 286 g/mol. The fourth-order valence-electron chi connectivity index (χ4n) is 2.15. The predicted molar refractivity (Wildman–Crippen MR) is 75.9 cm³/mol. The molecule has 3 rings (SSSR count). The quantitative estimate of drug-likeness (QED) is 0.422. The summed E-state index contributed by atoms with van der Waals surface area (Å²) < 4.78 is 1.86. The number of aryl methyl sites for hydroxylation is 1. The van der Waals surface area contributed by atoms with Gasteiger partial charge in [-0.15, -0.1) is 0 Å². The molecule has 0 bridgehead atoms. The molecule has 4 N–H and O–H groups in total. The topological polar surface area (TPSA) is 107 Å². The van der Waals surface area contributed by atoms with E-state index < -0.39 is 5.91 Å². The molecule has 0 saturated heterocycles. The van der Waals surface area contributed by atoms with Gasteiger partial charge in [0.1, 0.15) is 17.2 Å². The average molecular weight is 286 g/mol. The molecular weight excluding hydrogens is 272 g/mol. The predicted octanol–water partition coefficient (Wildman–Crippen LogP) is 0.950. The van der Waals surface area contributed by atoms with Crippen LogP contribution in [-0.4, -0.2) is 37.2 Å². The first kappa shape index (κ1) is 13.1. The number of imidazole rings is 1. The van der Waals surface area contributed by atoms with E-state index in [1.54, 1.807) is 17.7 Å². The van der Waals surface area contributed by atoms with Crippen molar-refractivity contribution in [1.29, 1.82) is 0 Å². The van der Waals surface area contributed by atoms with Crippen LogP contribution >= 0.6 is 0 Å². The molecule has 0 fully saturated rings. The number of H-pyrrole nitrogens is 1. The summed E-state index contributed by atoms with van der Waals surface area (Å²) in [5, 5.41) is 18.4. The van der Waals surface area contributed by atoms with Gasteiger partial charge in [-0.2, -0.15) is 5.10 Å². The lowest BCUT2D eigenvalue weighted by atomic mass is 10.3. The van der Waals surface area contributed by atoms with Crippen molar-refractivity contribution >= 4 is 17.4 Å². The molecule has 0 spiro atoms. The van der Waals surface area contributed by atoms with Gasteiger partial charge in [0.2, 0.25) is 0 Å². The van der Waals surface area contributed by atoms with Crippen LogP contribution in [0.2, 0.25) is 0 Å². The number of hydrogen-bond donors (Lipinski definition) is 4. The second-order valence-electron chi connectivity index (χ2n) is 4.55. The summed E-state index contributed by atoms with van der Waals surface area (Å²) in [4.78, 5) is 15.8. The minimum absolute atomic E-state index is 0.0701. The smallest absolute Gasteiger partial charge is 0.262 e. The SMILES string of the molecule is Cc1cccn2c(NCC(=O)NO)c(-c3ccn[nH]3)nc12. The van der Waals surface area contributed by atoms with Crippen molar-refractivity contribution in [3.63, 3.8) is 0 Å². The molecule has 8 heteroatoms. The lowest BCUT2D eigenvalue weighted by Gasteiger charge is -2.07. The van der Waals surface area contributed by atoms with Crippen molar-refractivity contribution in [3.8, 4) is 11.4 Å². The molecule has 1 amide bonds. The Morgan fingerprint density at radius 2 is 2.33 bits per heavy atom. The molecule has 108 valence electrons. The number of nitrogens with one attached hydrogen (secondary N) is 3. The molecule has 0 atom stereocenters. The Labute approximate surface area is 119 Å². The number of amides is 1. The molecule has 0 aliphatic heterocycles. The number of pyridine rings is 1. The molecular formula is C13H14N6O2. The Hall–Kier alpha value is -2.87. The van der Waals surface area contributed by atoms with Crippen molar-refractivity contribution in [2.24, 2.45) is 0 Å². The van der Waals surface area contributed by atoms with Crippen molar-refractivity contribution in [2.75, 3.05) is 11.9 Å². The summed E-state index contributed by atoms with van der Waals surface area (Å²) in [5.41, 5.74) is 4.79. The third-order valence-corrected chi connectivity index (χ3v) is 3.14. The molecule has 3 aromatic rings. The second-order valence-corrected chi connectivity index (χ2v) is 4.55. The number of rotatable bonds is 4. The molecule has 0 aliphatic carbocycles. The number of hydroxylamine groups is 1. The molecule has 0 saturated carbocycles. The van der Waals surface area contributed by atoms with E-state index in [2.05, 4.69) is 20.5 Å². The lowest BCUT2D eigenvalue weighted by Crippen LogP contribution is -2.27. The number of carbonyl (C=O) groups is 1. The van der Waals surface area contributed by atoms with Crippen molar-refractivity contribution < 1.29 is 10.0 Å². The Kier molecular flexibility index (Phi) is 3.28. The number of aromatic amines is 1. The van der Waals surface area contributed by atoms with Crippen molar-refractivity contribution in [2.45, 2.75) is 6.92 Å². The minimum Gasteiger partial charge on any atom is -0.360 e. The molecule has 21 heavy (non-hydrogen) atoms. The Balaban J connectivity index is 2.12. The Bertz CT molecular complexity index is 777. The molecule has 8 nitrogen and oxygen atoms in total. The van der Waals surface area contributed by atoms with Gasteiger partial charge in [-0.05, 0) is 24.6 Å². The molecule has 0 aliphatic rings. The van der Waals surface area contributed by atoms with Crippen molar-refractivity contribution in [3.05, 3.63) is 36.2 Å². The first-order valence-electron chi connectivity index (χ1n) is 6.35. The van der Waals surface area contributed by atoms with Gasteiger partial charge in [-0.3, -0.25) is 19.5 Å². The van der Waals surface area contributed by atoms with E-state index in [1.165, 1.54) is 0 Å². The summed E-state index contributed by atoms with van der Waals surface area (Å²) in [6, 6.07) is 5.66. The van der Waals surface area contributed by atoms with Crippen LogP contribution in [0.15, 0.2) is 30.6 Å². The van der Waals surface area contributed by atoms with Gasteiger partial charge in [0.15, 0.2) is 0 Å². The van der Waals surface area contributed by atoms with Crippen LogP contribution in [0.1, 0.15) is 5.56 Å². The Morgan fingerprint density at radius 1 is 1.48 bits per heavy atom. The summed E-state index contributed by atoms with van der Waals surface area (Å²) in [6.07, 6.45) is 3.49. The summed E-state index contributed by atoms with van der Waals surface area (Å²) in [7, 11) is 0. The normalized spacial score (nSPS) is 10.8. The van der Waals surface area contributed by atoms with Crippen LogP contribution in [0, 0.1) is 6.92 Å². The second kappa shape index (κ2) is 5.25. The van der Waals surface area contributed by atoms with Crippen LogP contribution < -0.4 is 10.8 Å². The zero-order valence-corrected chi connectivity index (χ0v) is 11.3. The molecule has 0 radical (unpaired) electrons. The molecule has 0 aromatic carbocycles. The lowest BCUT2D eigenvalue weighted by molar-refractivity contribution is -0.127. The third-order valence-electron chi connectivity index (χ3n) is 3.14. The Morgan fingerprint density at radius 3 is 3.05 bits per heavy atom. The van der Waals surface area contributed by atoms with E-state index in [0.717, 1.165) is 16.9 Å². The number of hydrogen-bond acceptors (Lipinski definition) is 5. The van der Waals surface area contributed by atoms with Gasteiger partial charge in [-0.25, -0.2) is 10.5 Å². The average Bonchev–Trinajstić information content (AvgIpc) is 3.12. The number of aromatic nitrogens is 4. The van der Waals surface area contributed by atoms with Crippen molar-refractivity contribution in [1.82, 2.24) is 25.1 Å². The summed E-state index contributed by atoms with van der Waals surface area (Å²) in [5.74, 6) is 0.120. The van der Waals surface area contributed by atoms with Gasteiger partial charge in [0.05, 0.1) is 12.2 Å². The highest BCUT2D eigenvalue weighted by Gasteiger charge is 2.16. The molecule has 3 aromatic heterocycles. The van der Waals surface area contributed by atoms with E-state index in [-0.39, 0.29) is 6.54 Å². The largest absolute Gasteiger partial charge is 0.360 e. The van der Waals surface area contributed by atoms with Gasteiger partial charge in [0, 0.05) is 12.4 Å². The van der Waals surface area contributed by atoms with E-state index in [9.17, 15) is 4.79 Å². The van der Waals surface area contributed by atoms with Crippen LogP contribution in [0.4, 0.5) is 5.82 Å². The van der Waals surface area contributed by atoms with Gasteiger partial charge >= 0.3 is 0 Å². The summed E-state index contributed by atoms with van der Waals surface area (Å²) >= 11 is 0. The fourth-order valence-corrected chi connectivity index (χ4v) is 2.15. The van der Waals surface area contributed by atoms with Gasteiger partial charge in [-0.1, -0.05) is 6.07 Å². The number of anilines is 1. The first-order chi connectivity index (χ1) is 10.2. The van der Waals surface area contributed by atoms with Crippen LogP contribution in [0.3, 0.4) is 0 Å². The maximum Gasteiger partial charge on any atom is 0.262 e. The highest BCUT2D eigenvalue weighted by molar-refractivity contribution is 5.82. The van der Waals surface area contributed by atoms with E-state index in [1.807, 2.05) is 29.7 Å². The first-order valence-corrected chi connectivity index (χ1v) is 6.35. The summed E-state index contributed by atoms with van der Waals surface area (Å²) in [6.45, 7) is 1.89. The number of carbonyl (C=O) groups excluding carboxylic acids is 1. The standard InChI is InChI=1S/C13H14N6O2/c1-8-3-2-6-19-12(8)16-11(9-4-5-15-17-9)13(19)14-7-10(20)18-21/h2-6,14,21H,7H2,1H3,(H,15,17)(H,18,20). The minimum atomic E-state index is -0.534. The fraction of sp³-hybridized carbons (Fsp3) is 0.154. The number of fused-ring (bicyclic) bond motifs is 1. The van der Waals surface area contributed by atoms with E-state index >= 15 is 0 Å². The highest BCUT2D eigenvalue weighted by atomic mass is 16.5. The number of nitrogens with zero attached hydrogens (tertiary/aromatic N) is 3. The molecule has 0 unspecified atom stereocenters. The van der Waals surface area contributed by atoms with Crippen LogP contribution in [0.5, 0.6) is 0 Å². The highest BCUT2D eigenvalue weighted by Crippen LogP contribution is 2.28. The van der Waals surface area contributed by atoms with E-state index in [0.29, 0.717) is 11.5 Å². The zero-order valence-electron chi connectivity index (χ0n) is 11.3. The van der Waals surface area contributed by atoms with Crippen LogP contribution in [0.25, 0.3) is 17.0 Å². The molecule has 3 heterocycles. The van der Waals surface area contributed by atoms with Gasteiger partial charge < -0.3 is 5.32 Å².